The highest BCUT2D eigenvalue weighted by Crippen LogP contribution is 2.21. The Bertz CT molecular complexity index is 401. The lowest BCUT2D eigenvalue weighted by molar-refractivity contribution is 0.0939. The molecule has 0 aliphatic heterocycles. The standard InChI is InChI=1S/C12H19BrN2OS/c1-8-10(17-9(2)15-8)11(16)14-7-12(3,4)5-6-13/h5-7H2,1-4H3,(H,14,16). The number of hydrogen-bond donors (Lipinski definition) is 1. The first kappa shape index (κ1) is 14.6. The van der Waals surface area contributed by atoms with Crippen molar-refractivity contribution in [1.82, 2.24) is 10.3 Å². The third-order valence-electron chi connectivity index (χ3n) is 2.61. The number of rotatable bonds is 5. The SMILES string of the molecule is Cc1nc(C)c(C(=O)NCC(C)(C)CCBr)s1. The van der Waals surface area contributed by atoms with Gasteiger partial charge in [0.15, 0.2) is 0 Å². The molecule has 1 N–H and O–H groups in total. The van der Waals surface area contributed by atoms with Gasteiger partial charge in [-0.05, 0) is 25.7 Å². The van der Waals surface area contributed by atoms with E-state index in [0.717, 1.165) is 27.3 Å². The van der Waals surface area contributed by atoms with E-state index in [1.807, 2.05) is 13.8 Å². The maximum atomic E-state index is 12.0. The van der Waals surface area contributed by atoms with Crippen LogP contribution in [-0.4, -0.2) is 22.8 Å². The lowest BCUT2D eigenvalue weighted by Gasteiger charge is -2.23. The number of hydrogen-bond acceptors (Lipinski definition) is 3. The summed E-state index contributed by atoms with van der Waals surface area (Å²) in [5.74, 6) is -0.00394. The van der Waals surface area contributed by atoms with Crippen molar-refractivity contribution >= 4 is 33.2 Å². The largest absolute Gasteiger partial charge is 0.351 e. The van der Waals surface area contributed by atoms with Crippen molar-refractivity contribution < 1.29 is 4.79 Å². The Morgan fingerprint density at radius 2 is 2.12 bits per heavy atom. The number of carbonyl (C=O) groups is 1. The van der Waals surface area contributed by atoms with Crippen LogP contribution in [-0.2, 0) is 0 Å². The minimum absolute atomic E-state index is 0.00394. The molecular formula is C12H19BrN2OS. The quantitative estimate of drug-likeness (QED) is 0.846. The topological polar surface area (TPSA) is 42.0 Å². The number of nitrogens with zero attached hydrogens (tertiary/aromatic N) is 1. The molecule has 1 aromatic rings. The average molecular weight is 319 g/mol. The number of thiazole rings is 1. The molecule has 17 heavy (non-hydrogen) atoms. The van der Waals surface area contributed by atoms with Crippen LogP contribution in [0.25, 0.3) is 0 Å². The Hall–Kier alpha value is -0.420. The van der Waals surface area contributed by atoms with Gasteiger partial charge in [-0.15, -0.1) is 11.3 Å². The summed E-state index contributed by atoms with van der Waals surface area (Å²) in [5.41, 5.74) is 0.940. The summed E-state index contributed by atoms with van der Waals surface area (Å²) >= 11 is 4.89. The highest BCUT2D eigenvalue weighted by molar-refractivity contribution is 9.09. The van der Waals surface area contributed by atoms with Gasteiger partial charge in [0, 0.05) is 11.9 Å². The van der Waals surface area contributed by atoms with E-state index < -0.39 is 0 Å². The number of amides is 1. The molecule has 1 aromatic heterocycles. The molecule has 0 aliphatic carbocycles. The van der Waals surface area contributed by atoms with Crippen LogP contribution in [0.15, 0.2) is 0 Å². The predicted molar refractivity (Wildman–Crippen MR) is 76.1 cm³/mol. The number of carbonyl (C=O) groups excluding carboxylic acids is 1. The van der Waals surface area contributed by atoms with Gasteiger partial charge in [-0.25, -0.2) is 4.98 Å². The van der Waals surface area contributed by atoms with Gasteiger partial charge in [0.1, 0.15) is 4.88 Å². The van der Waals surface area contributed by atoms with E-state index in [2.05, 4.69) is 40.1 Å². The van der Waals surface area contributed by atoms with Gasteiger partial charge in [0.05, 0.1) is 10.7 Å². The van der Waals surface area contributed by atoms with Crippen LogP contribution in [0, 0.1) is 19.3 Å². The lowest BCUT2D eigenvalue weighted by Crippen LogP contribution is -2.34. The smallest absolute Gasteiger partial charge is 0.263 e. The van der Waals surface area contributed by atoms with Gasteiger partial charge in [-0.2, -0.15) is 0 Å². The van der Waals surface area contributed by atoms with Crippen molar-refractivity contribution in [2.75, 3.05) is 11.9 Å². The summed E-state index contributed by atoms with van der Waals surface area (Å²) in [6, 6.07) is 0. The van der Waals surface area contributed by atoms with E-state index in [-0.39, 0.29) is 11.3 Å². The second kappa shape index (κ2) is 5.96. The normalized spacial score (nSPS) is 11.6. The molecule has 0 saturated heterocycles. The number of aromatic nitrogens is 1. The van der Waals surface area contributed by atoms with E-state index in [0.29, 0.717) is 6.54 Å². The Morgan fingerprint density at radius 1 is 1.47 bits per heavy atom. The first-order chi connectivity index (χ1) is 7.85. The van der Waals surface area contributed by atoms with Gasteiger partial charge in [-0.1, -0.05) is 29.8 Å². The van der Waals surface area contributed by atoms with Gasteiger partial charge in [-0.3, -0.25) is 4.79 Å². The van der Waals surface area contributed by atoms with Crippen LogP contribution < -0.4 is 5.32 Å². The van der Waals surface area contributed by atoms with E-state index in [4.69, 9.17) is 0 Å². The molecule has 96 valence electrons. The Kier molecular flexibility index (Phi) is 5.13. The van der Waals surface area contributed by atoms with Gasteiger partial charge < -0.3 is 5.32 Å². The lowest BCUT2D eigenvalue weighted by atomic mass is 9.90. The van der Waals surface area contributed by atoms with Crippen molar-refractivity contribution in [3.63, 3.8) is 0 Å². The molecule has 1 rings (SSSR count). The average Bonchev–Trinajstić information content (AvgIpc) is 2.54. The van der Waals surface area contributed by atoms with Gasteiger partial charge >= 0.3 is 0 Å². The minimum Gasteiger partial charge on any atom is -0.351 e. The third kappa shape index (κ3) is 4.39. The Morgan fingerprint density at radius 3 is 2.59 bits per heavy atom. The van der Waals surface area contributed by atoms with E-state index in [1.165, 1.54) is 11.3 Å². The zero-order valence-corrected chi connectivity index (χ0v) is 13.2. The second-order valence-corrected chi connectivity index (χ2v) is 6.93. The summed E-state index contributed by atoms with van der Waals surface area (Å²) in [6.45, 7) is 8.79. The van der Waals surface area contributed by atoms with Crippen molar-refractivity contribution in [1.29, 1.82) is 0 Å². The fourth-order valence-corrected chi connectivity index (χ4v) is 3.40. The first-order valence-electron chi connectivity index (χ1n) is 5.64. The van der Waals surface area contributed by atoms with E-state index in [9.17, 15) is 4.79 Å². The first-order valence-corrected chi connectivity index (χ1v) is 7.58. The number of aryl methyl sites for hydroxylation is 2. The summed E-state index contributed by atoms with van der Waals surface area (Å²) in [6.07, 6.45) is 1.04. The van der Waals surface area contributed by atoms with Crippen molar-refractivity contribution in [3.8, 4) is 0 Å². The third-order valence-corrected chi connectivity index (χ3v) is 4.08. The highest BCUT2D eigenvalue weighted by Gasteiger charge is 2.20. The zero-order valence-electron chi connectivity index (χ0n) is 10.8. The van der Waals surface area contributed by atoms with Crippen LogP contribution in [0.5, 0.6) is 0 Å². The molecule has 3 nitrogen and oxygen atoms in total. The molecular weight excluding hydrogens is 300 g/mol. The van der Waals surface area contributed by atoms with Gasteiger partial charge in [0.25, 0.3) is 5.91 Å². The van der Waals surface area contributed by atoms with Crippen molar-refractivity contribution in [2.24, 2.45) is 5.41 Å². The van der Waals surface area contributed by atoms with Crippen LogP contribution >= 0.6 is 27.3 Å². The van der Waals surface area contributed by atoms with Crippen LogP contribution in [0.1, 0.15) is 40.6 Å². The highest BCUT2D eigenvalue weighted by atomic mass is 79.9. The number of alkyl halides is 1. The molecule has 1 heterocycles. The maximum absolute atomic E-state index is 12.0. The minimum atomic E-state index is -0.00394. The molecule has 0 aromatic carbocycles. The van der Waals surface area contributed by atoms with Crippen molar-refractivity contribution in [3.05, 3.63) is 15.6 Å². The Labute approximate surface area is 115 Å². The predicted octanol–water partition coefficient (Wildman–Crippen LogP) is 3.30. The number of halogens is 1. The van der Waals surface area contributed by atoms with Crippen LogP contribution in [0.4, 0.5) is 0 Å². The number of nitrogens with one attached hydrogen (secondary N) is 1. The fourth-order valence-electron chi connectivity index (χ4n) is 1.49. The molecule has 0 bridgehead atoms. The summed E-state index contributed by atoms with van der Waals surface area (Å²) < 4.78 is 0. The molecule has 0 radical (unpaired) electrons. The summed E-state index contributed by atoms with van der Waals surface area (Å²) in [5, 5.41) is 4.88. The van der Waals surface area contributed by atoms with E-state index >= 15 is 0 Å². The molecule has 0 fully saturated rings. The monoisotopic (exact) mass is 318 g/mol. The molecule has 5 heteroatoms. The van der Waals surface area contributed by atoms with Crippen LogP contribution in [0.3, 0.4) is 0 Å². The van der Waals surface area contributed by atoms with E-state index in [1.54, 1.807) is 0 Å². The molecule has 0 spiro atoms. The molecule has 0 saturated carbocycles. The molecule has 1 amide bonds. The van der Waals surface area contributed by atoms with Crippen molar-refractivity contribution in [2.45, 2.75) is 34.1 Å². The summed E-state index contributed by atoms with van der Waals surface area (Å²) in [4.78, 5) is 17.0. The zero-order chi connectivity index (χ0) is 13.1. The fraction of sp³-hybridized carbons (Fsp3) is 0.667. The molecule has 0 unspecified atom stereocenters. The van der Waals surface area contributed by atoms with Crippen LogP contribution in [0.2, 0.25) is 0 Å². The summed E-state index contributed by atoms with van der Waals surface area (Å²) in [7, 11) is 0. The molecule has 0 atom stereocenters. The second-order valence-electron chi connectivity index (χ2n) is 4.93. The maximum Gasteiger partial charge on any atom is 0.263 e. The van der Waals surface area contributed by atoms with Gasteiger partial charge in [0.2, 0.25) is 0 Å². The Balaban J connectivity index is 2.59. The molecule has 0 aliphatic rings.